The Morgan fingerprint density at radius 3 is 3.17 bits per heavy atom. The van der Waals surface area contributed by atoms with Crippen molar-refractivity contribution in [2.24, 2.45) is 0 Å². The fraction of sp³-hybridized carbons (Fsp3) is 0.571. The van der Waals surface area contributed by atoms with Gasteiger partial charge in [-0.2, -0.15) is 4.37 Å². The molecule has 0 aliphatic rings. The Morgan fingerprint density at radius 1 is 1.75 bits per heavy atom. The van der Waals surface area contributed by atoms with E-state index in [1.165, 1.54) is 11.5 Å². The second kappa shape index (κ2) is 4.95. The summed E-state index contributed by atoms with van der Waals surface area (Å²) in [5, 5.41) is 4.14. The van der Waals surface area contributed by atoms with Gasteiger partial charge in [0.05, 0.1) is 6.61 Å². The van der Waals surface area contributed by atoms with Gasteiger partial charge in [-0.3, -0.25) is 0 Å². The van der Waals surface area contributed by atoms with Crippen molar-refractivity contribution in [1.82, 2.24) is 4.37 Å². The monoisotopic (exact) mass is 187 g/mol. The van der Waals surface area contributed by atoms with Gasteiger partial charge in [-0.25, -0.2) is 0 Å². The molecule has 0 unspecified atom stereocenters. The minimum absolute atomic E-state index is 0.568. The van der Waals surface area contributed by atoms with Crippen molar-refractivity contribution in [3.63, 3.8) is 0 Å². The molecule has 0 aliphatic heterocycles. The number of hydrogen-bond donors (Lipinski definition) is 2. The van der Waals surface area contributed by atoms with E-state index in [1.54, 1.807) is 0 Å². The van der Waals surface area contributed by atoms with Crippen LogP contribution in [0.5, 0.6) is 0 Å². The molecule has 1 aromatic heterocycles. The molecule has 0 aliphatic carbocycles. The van der Waals surface area contributed by atoms with Crippen molar-refractivity contribution in [1.29, 1.82) is 0 Å². The third kappa shape index (κ3) is 3.06. The fourth-order valence-electron chi connectivity index (χ4n) is 0.763. The van der Waals surface area contributed by atoms with E-state index in [-0.39, 0.29) is 0 Å². The van der Waals surface area contributed by atoms with Crippen LogP contribution in [0.3, 0.4) is 0 Å². The van der Waals surface area contributed by atoms with Crippen LogP contribution >= 0.6 is 11.5 Å². The lowest BCUT2D eigenvalue weighted by atomic mass is 10.6. The van der Waals surface area contributed by atoms with Gasteiger partial charge < -0.3 is 15.8 Å². The molecular formula is C7H13N3OS. The van der Waals surface area contributed by atoms with Gasteiger partial charge in [-0.05, 0) is 18.5 Å². The molecule has 5 heteroatoms. The SMILES string of the molecule is CCOCCNc1cc(N)ns1. The van der Waals surface area contributed by atoms with Gasteiger partial charge in [0.1, 0.15) is 10.8 Å². The number of nitrogens with one attached hydrogen (secondary N) is 1. The molecule has 0 saturated carbocycles. The summed E-state index contributed by atoms with van der Waals surface area (Å²) in [7, 11) is 0. The van der Waals surface area contributed by atoms with E-state index in [0.717, 1.165) is 18.2 Å². The van der Waals surface area contributed by atoms with E-state index in [2.05, 4.69) is 9.69 Å². The number of rotatable bonds is 5. The minimum Gasteiger partial charge on any atom is -0.383 e. The van der Waals surface area contributed by atoms with Crippen molar-refractivity contribution < 1.29 is 4.74 Å². The number of nitrogen functional groups attached to an aromatic ring is 1. The second-order valence-corrected chi connectivity index (χ2v) is 3.04. The Bertz CT molecular complexity index is 226. The van der Waals surface area contributed by atoms with Crippen LogP contribution in [0.15, 0.2) is 6.07 Å². The van der Waals surface area contributed by atoms with Crippen molar-refractivity contribution in [3.05, 3.63) is 6.07 Å². The van der Waals surface area contributed by atoms with E-state index >= 15 is 0 Å². The summed E-state index contributed by atoms with van der Waals surface area (Å²) >= 11 is 1.37. The Labute approximate surface area is 75.9 Å². The molecule has 0 spiro atoms. The molecule has 1 heterocycles. The Balaban J connectivity index is 2.15. The molecule has 1 rings (SSSR count). The fourth-order valence-corrected chi connectivity index (χ4v) is 1.36. The highest BCUT2D eigenvalue weighted by Crippen LogP contribution is 2.16. The summed E-state index contributed by atoms with van der Waals surface area (Å²) in [5.41, 5.74) is 5.44. The van der Waals surface area contributed by atoms with Crippen LogP contribution < -0.4 is 11.1 Å². The zero-order valence-electron chi connectivity index (χ0n) is 7.04. The summed E-state index contributed by atoms with van der Waals surface area (Å²) in [6.45, 7) is 4.25. The van der Waals surface area contributed by atoms with Crippen LogP contribution in [0.25, 0.3) is 0 Å². The molecule has 0 atom stereocenters. The third-order valence-electron chi connectivity index (χ3n) is 1.28. The molecule has 1 aromatic rings. The number of hydrogen-bond acceptors (Lipinski definition) is 5. The zero-order valence-corrected chi connectivity index (χ0v) is 7.86. The molecular weight excluding hydrogens is 174 g/mol. The number of nitrogens with zero attached hydrogens (tertiary/aromatic N) is 1. The van der Waals surface area contributed by atoms with Crippen molar-refractivity contribution in [3.8, 4) is 0 Å². The molecule has 4 nitrogen and oxygen atoms in total. The highest BCUT2D eigenvalue weighted by Gasteiger charge is 1.95. The molecule has 0 radical (unpaired) electrons. The maximum atomic E-state index is 5.44. The molecule has 12 heavy (non-hydrogen) atoms. The van der Waals surface area contributed by atoms with E-state index in [0.29, 0.717) is 12.4 Å². The average Bonchev–Trinajstić information content (AvgIpc) is 2.45. The second-order valence-electron chi connectivity index (χ2n) is 2.24. The maximum Gasteiger partial charge on any atom is 0.139 e. The van der Waals surface area contributed by atoms with Crippen LogP contribution in [-0.2, 0) is 4.74 Å². The van der Waals surface area contributed by atoms with Crippen molar-refractivity contribution in [2.75, 3.05) is 30.8 Å². The van der Waals surface area contributed by atoms with Gasteiger partial charge in [-0.1, -0.05) is 0 Å². The molecule has 68 valence electrons. The van der Waals surface area contributed by atoms with Crippen LogP contribution in [0.1, 0.15) is 6.92 Å². The van der Waals surface area contributed by atoms with Gasteiger partial charge in [0.15, 0.2) is 0 Å². The molecule has 0 aromatic carbocycles. The first kappa shape index (κ1) is 9.28. The minimum atomic E-state index is 0.568. The summed E-state index contributed by atoms with van der Waals surface area (Å²) in [6.07, 6.45) is 0. The summed E-state index contributed by atoms with van der Waals surface area (Å²) in [5.74, 6) is 0.568. The lowest BCUT2D eigenvalue weighted by Gasteiger charge is -2.01. The molecule has 0 amide bonds. The highest BCUT2D eigenvalue weighted by molar-refractivity contribution is 7.10. The number of aromatic nitrogens is 1. The predicted octanol–water partition coefficient (Wildman–Crippen LogP) is 1.17. The quantitative estimate of drug-likeness (QED) is 0.679. The lowest BCUT2D eigenvalue weighted by molar-refractivity contribution is 0.158. The van der Waals surface area contributed by atoms with E-state index in [4.69, 9.17) is 10.5 Å². The van der Waals surface area contributed by atoms with Gasteiger partial charge in [0.2, 0.25) is 0 Å². The predicted molar refractivity (Wildman–Crippen MR) is 51.5 cm³/mol. The first-order chi connectivity index (χ1) is 5.83. The van der Waals surface area contributed by atoms with Gasteiger partial charge in [0, 0.05) is 19.2 Å². The average molecular weight is 187 g/mol. The van der Waals surface area contributed by atoms with Crippen LogP contribution in [0, 0.1) is 0 Å². The normalized spacial score (nSPS) is 10.1. The van der Waals surface area contributed by atoms with E-state index in [1.807, 2.05) is 13.0 Å². The Hall–Kier alpha value is -0.810. The Morgan fingerprint density at radius 2 is 2.58 bits per heavy atom. The van der Waals surface area contributed by atoms with Gasteiger partial charge in [0.25, 0.3) is 0 Å². The van der Waals surface area contributed by atoms with Crippen LogP contribution in [0.4, 0.5) is 10.8 Å². The molecule has 0 fully saturated rings. The van der Waals surface area contributed by atoms with Gasteiger partial charge >= 0.3 is 0 Å². The van der Waals surface area contributed by atoms with E-state index < -0.39 is 0 Å². The zero-order chi connectivity index (χ0) is 8.81. The largest absolute Gasteiger partial charge is 0.383 e. The third-order valence-corrected chi connectivity index (χ3v) is 2.04. The molecule has 0 saturated heterocycles. The Kier molecular flexibility index (Phi) is 3.83. The smallest absolute Gasteiger partial charge is 0.139 e. The topological polar surface area (TPSA) is 60.2 Å². The maximum absolute atomic E-state index is 5.44. The summed E-state index contributed by atoms with van der Waals surface area (Å²) in [4.78, 5) is 0. The number of nitrogens with two attached hydrogens (primary N) is 1. The van der Waals surface area contributed by atoms with Gasteiger partial charge in [-0.15, -0.1) is 0 Å². The first-order valence-corrected chi connectivity index (χ1v) is 4.64. The van der Waals surface area contributed by atoms with Crippen molar-refractivity contribution in [2.45, 2.75) is 6.92 Å². The summed E-state index contributed by atoms with van der Waals surface area (Å²) in [6, 6.07) is 1.82. The number of ether oxygens (including phenoxy) is 1. The standard InChI is InChI=1S/C7H13N3OS/c1-2-11-4-3-9-7-5-6(8)10-12-7/h5,9H,2-4H2,1H3,(H2,8,10). The summed E-state index contributed by atoms with van der Waals surface area (Å²) < 4.78 is 9.08. The lowest BCUT2D eigenvalue weighted by Crippen LogP contribution is -2.07. The first-order valence-electron chi connectivity index (χ1n) is 3.86. The van der Waals surface area contributed by atoms with Crippen LogP contribution in [-0.4, -0.2) is 24.1 Å². The molecule has 0 bridgehead atoms. The van der Waals surface area contributed by atoms with E-state index in [9.17, 15) is 0 Å². The van der Waals surface area contributed by atoms with Crippen molar-refractivity contribution >= 4 is 22.4 Å². The molecule has 3 N–H and O–H groups in total. The number of anilines is 2. The van der Waals surface area contributed by atoms with Crippen LogP contribution in [0.2, 0.25) is 0 Å². The highest BCUT2D eigenvalue weighted by atomic mass is 32.1.